The van der Waals surface area contributed by atoms with Gasteiger partial charge in [0, 0.05) is 45.0 Å². The van der Waals surface area contributed by atoms with Crippen molar-refractivity contribution in [2.24, 2.45) is 5.92 Å². The minimum Gasteiger partial charge on any atom is -0.311 e. The van der Waals surface area contributed by atoms with Crippen molar-refractivity contribution < 1.29 is 0 Å². The molecule has 0 bridgehead atoms. The van der Waals surface area contributed by atoms with E-state index < -0.39 is 0 Å². The Hall–Kier alpha value is -6.64. The Morgan fingerprint density at radius 1 is 0.424 bits per heavy atom. The highest BCUT2D eigenvalue weighted by Crippen LogP contribution is 2.54. The zero-order valence-corrected chi connectivity index (χ0v) is 39.0. The second-order valence-electron chi connectivity index (χ2n) is 20.1. The molecule has 0 N–H and O–H groups in total. The molecule has 11 rings (SSSR count). The van der Waals surface area contributed by atoms with Crippen LogP contribution in [-0.4, -0.2) is 0 Å². The summed E-state index contributed by atoms with van der Waals surface area (Å²) in [4.78, 5) is 4.88. The molecular formula is C64H62N2. The molecule has 8 aromatic carbocycles. The Morgan fingerprint density at radius 3 is 1.52 bits per heavy atom. The monoisotopic (exact) mass is 858 g/mol. The first kappa shape index (κ1) is 42.0. The predicted octanol–water partition coefficient (Wildman–Crippen LogP) is 18.1. The second kappa shape index (κ2) is 17.6. The minimum absolute atomic E-state index is 0.0641. The number of anilines is 6. The van der Waals surface area contributed by atoms with Crippen LogP contribution in [0.25, 0.3) is 22.3 Å². The van der Waals surface area contributed by atoms with Gasteiger partial charge in [-0.15, -0.1) is 0 Å². The zero-order chi connectivity index (χ0) is 44.7. The molecule has 0 spiro atoms. The summed E-state index contributed by atoms with van der Waals surface area (Å²) in [7, 11) is 0. The van der Waals surface area contributed by atoms with Gasteiger partial charge in [0.1, 0.15) is 0 Å². The van der Waals surface area contributed by atoms with Gasteiger partial charge >= 0.3 is 0 Å². The summed E-state index contributed by atoms with van der Waals surface area (Å²) < 4.78 is 0. The van der Waals surface area contributed by atoms with Crippen molar-refractivity contribution in [3.63, 3.8) is 0 Å². The molecule has 2 nitrogen and oxygen atoms in total. The summed E-state index contributed by atoms with van der Waals surface area (Å²) in [5, 5.41) is 0. The van der Waals surface area contributed by atoms with E-state index in [1.165, 1.54) is 118 Å². The molecule has 2 fully saturated rings. The third-order valence-electron chi connectivity index (χ3n) is 15.6. The molecular weight excluding hydrogens is 797 g/mol. The minimum atomic E-state index is -0.148. The van der Waals surface area contributed by atoms with E-state index in [1.54, 1.807) is 0 Å². The molecule has 0 heterocycles. The molecule has 66 heavy (non-hydrogen) atoms. The topological polar surface area (TPSA) is 6.48 Å². The molecule has 0 saturated heterocycles. The predicted molar refractivity (Wildman–Crippen MR) is 279 cm³/mol. The smallest absolute Gasteiger partial charge is 0.0465 e. The summed E-state index contributed by atoms with van der Waals surface area (Å²) in [6.45, 7) is 7.27. The average Bonchev–Trinajstić information content (AvgIpc) is 3.61. The Labute approximate surface area is 393 Å². The van der Waals surface area contributed by atoms with E-state index in [4.69, 9.17) is 0 Å². The van der Waals surface area contributed by atoms with E-state index in [9.17, 15) is 0 Å². The average molecular weight is 859 g/mol. The first-order valence-corrected chi connectivity index (χ1v) is 24.7. The lowest BCUT2D eigenvalue weighted by atomic mass is 9.62. The summed E-state index contributed by atoms with van der Waals surface area (Å²) in [5.41, 5.74) is 19.3. The second-order valence-corrected chi connectivity index (χ2v) is 20.1. The molecule has 3 aliphatic carbocycles. The van der Waals surface area contributed by atoms with Gasteiger partial charge in [-0.2, -0.15) is 0 Å². The molecule has 2 atom stereocenters. The summed E-state index contributed by atoms with van der Waals surface area (Å²) >= 11 is 0. The number of benzene rings is 8. The van der Waals surface area contributed by atoms with Crippen molar-refractivity contribution >= 4 is 34.1 Å². The number of hydrogen-bond donors (Lipinski definition) is 0. The number of para-hydroxylation sites is 2. The summed E-state index contributed by atoms with van der Waals surface area (Å²) in [6.07, 6.45) is 11.5. The van der Waals surface area contributed by atoms with E-state index in [0.717, 1.165) is 24.2 Å². The van der Waals surface area contributed by atoms with E-state index in [2.05, 4.69) is 231 Å². The maximum Gasteiger partial charge on any atom is 0.0465 e. The molecule has 2 saturated carbocycles. The van der Waals surface area contributed by atoms with Gasteiger partial charge in [0.05, 0.1) is 0 Å². The van der Waals surface area contributed by atoms with Crippen LogP contribution in [0.5, 0.6) is 0 Å². The lowest BCUT2D eigenvalue weighted by Gasteiger charge is -2.42. The number of nitrogens with zero attached hydrogens (tertiary/aromatic N) is 2. The van der Waals surface area contributed by atoms with E-state index in [0.29, 0.717) is 11.8 Å². The van der Waals surface area contributed by atoms with Crippen molar-refractivity contribution in [3.05, 3.63) is 228 Å². The number of hydrogen-bond acceptors (Lipinski definition) is 2. The molecule has 8 aromatic rings. The molecule has 2 unspecified atom stereocenters. The van der Waals surface area contributed by atoms with Gasteiger partial charge in [0.2, 0.25) is 0 Å². The van der Waals surface area contributed by atoms with Crippen LogP contribution in [0.4, 0.5) is 34.1 Å². The van der Waals surface area contributed by atoms with Gasteiger partial charge in [-0.3, -0.25) is 0 Å². The van der Waals surface area contributed by atoms with Gasteiger partial charge in [-0.25, -0.2) is 0 Å². The highest BCUT2D eigenvalue weighted by Gasteiger charge is 2.40. The molecule has 0 aliphatic heterocycles. The normalized spacial score (nSPS) is 18.9. The van der Waals surface area contributed by atoms with Gasteiger partial charge in [-0.05, 0) is 160 Å². The van der Waals surface area contributed by atoms with Crippen molar-refractivity contribution in [2.45, 2.75) is 95.3 Å². The SMILES string of the molecule is CC1CCCC(c2ccc(N(c3ccccc3)c3ccccc3)cc2)(c2ccc(N(c3ccc(C4CCCCC4)cc3)c3ccc4c(c3)C(C)(C)c3cccc(-c5ccccc5)c3-4)cc2)C1. The van der Waals surface area contributed by atoms with Crippen molar-refractivity contribution in [2.75, 3.05) is 9.80 Å². The Kier molecular flexibility index (Phi) is 11.2. The number of rotatable bonds is 10. The maximum atomic E-state index is 2.51. The molecule has 0 amide bonds. The molecule has 3 aliphatic rings. The summed E-state index contributed by atoms with van der Waals surface area (Å²) in [5.74, 6) is 1.31. The highest BCUT2D eigenvalue weighted by molar-refractivity contribution is 5.94. The molecule has 2 heteroatoms. The maximum absolute atomic E-state index is 2.51. The highest BCUT2D eigenvalue weighted by atomic mass is 15.1. The van der Waals surface area contributed by atoms with Crippen LogP contribution in [0.2, 0.25) is 0 Å². The summed E-state index contributed by atoms with van der Waals surface area (Å²) in [6, 6.07) is 75.5. The number of fused-ring (bicyclic) bond motifs is 3. The van der Waals surface area contributed by atoms with E-state index in [-0.39, 0.29) is 10.8 Å². The quantitative estimate of drug-likeness (QED) is 0.135. The molecule has 328 valence electrons. The molecule has 0 aromatic heterocycles. The van der Waals surface area contributed by atoms with Crippen LogP contribution in [0, 0.1) is 5.92 Å². The lowest BCUT2D eigenvalue weighted by molar-refractivity contribution is 0.272. The van der Waals surface area contributed by atoms with Gasteiger partial charge in [0.15, 0.2) is 0 Å². The van der Waals surface area contributed by atoms with Crippen LogP contribution >= 0.6 is 0 Å². The zero-order valence-electron chi connectivity index (χ0n) is 39.0. The molecule has 0 radical (unpaired) electrons. The first-order chi connectivity index (χ1) is 32.4. The Morgan fingerprint density at radius 2 is 0.939 bits per heavy atom. The first-order valence-electron chi connectivity index (χ1n) is 24.7. The van der Waals surface area contributed by atoms with Crippen LogP contribution in [0.15, 0.2) is 200 Å². The van der Waals surface area contributed by atoms with Crippen LogP contribution < -0.4 is 9.80 Å². The van der Waals surface area contributed by atoms with E-state index >= 15 is 0 Å². The fourth-order valence-corrected chi connectivity index (χ4v) is 12.3. The van der Waals surface area contributed by atoms with Gasteiger partial charge in [0.25, 0.3) is 0 Å². The third-order valence-corrected chi connectivity index (χ3v) is 15.6. The van der Waals surface area contributed by atoms with Gasteiger partial charge < -0.3 is 9.80 Å². The fraction of sp³-hybridized carbons (Fsp3) is 0.250. The van der Waals surface area contributed by atoms with E-state index in [1.807, 2.05) is 0 Å². The van der Waals surface area contributed by atoms with Crippen LogP contribution in [0.1, 0.15) is 112 Å². The standard InChI is InChI=1S/C64H62N2/c1-46-18-17-43-64(45-46,50-31-37-55(38-32-50)65(52-23-12-6-13-24-52)53-25-14-7-15-26-53)51-33-39-56(40-34-51)66(54-35-29-48(30-36-54)47-19-8-4-9-20-47)57-41-42-59-61(44-57)63(2,3)60-28-16-27-58(62(59)60)49-21-10-5-11-22-49/h5-7,10-16,21-42,44,46-47H,4,8-9,17-20,43,45H2,1-3H3. The Balaban J connectivity index is 0.985. The largest absolute Gasteiger partial charge is 0.311 e. The fourth-order valence-electron chi connectivity index (χ4n) is 12.3. The van der Waals surface area contributed by atoms with Crippen LogP contribution in [-0.2, 0) is 10.8 Å². The van der Waals surface area contributed by atoms with Crippen molar-refractivity contribution in [3.8, 4) is 22.3 Å². The third kappa shape index (κ3) is 7.65. The van der Waals surface area contributed by atoms with Crippen molar-refractivity contribution in [1.82, 2.24) is 0 Å². The van der Waals surface area contributed by atoms with Crippen molar-refractivity contribution in [1.29, 1.82) is 0 Å². The van der Waals surface area contributed by atoms with Crippen LogP contribution in [0.3, 0.4) is 0 Å². The van der Waals surface area contributed by atoms with Gasteiger partial charge in [-0.1, -0.05) is 180 Å². The lowest BCUT2D eigenvalue weighted by Crippen LogP contribution is -2.33. The Bertz CT molecular complexity index is 2870.